The van der Waals surface area contributed by atoms with Gasteiger partial charge in [0.15, 0.2) is 0 Å². The molecular weight excluding hydrogens is 394 g/mol. The molecule has 1 amide bonds. The number of methoxy groups -OCH3 is 1. The Labute approximate surface area is 179 Å². The van der Waals surface area contributed by atoms with Crippen LogP contribution in [0.3, 0.4) is 0 Å². The molecule has 1 heterocycles. The van der Waals surface area contributed by atoms with E-state index in [4.69, 9.17) is 9.47 Å². The van der Waals surface area contributed by atoms with Gasteiger partial charge in [-0.3, -0.25) is 4.79 Å². The molecule has 0 bridgehead atoms. The second kappa shape index (κ2) is 9.29. The molecular formula is C25H21NO3S. The van der Waals surface area contributed by atoms with Crippen molar-refractivity contribution in [2.24, 2.45) is 0 Å². The number of nitrogens with one attached hydrogen (secondary N) is 1. The van der Waals surface area contributed by atoms with Gasteiger partial charge in [0, 0.05) is 17.3 Å². The van der Waals surface area contributed by atoms with Crippen LogP contribution in [0.25, 0.3) is 11.1 Å². The van der Waals surface area contributed by atoms with E-state index in [0.717, 1.165) is 33.9 Å². The molecule has 0 saturated heterocycles. The first-order valence-electron chi connectivity index (χ1n) is 9.52. The van der Waals surface area contributed by atoms with Gasteiger partial charge in [-0.15, -0.1) is 11.3 Å². The normalized spacial score (nSPS) is 10.4. The van der Waals surface area contributed by atoms with Crippen molar-refractivity contribution in [3.8, 4) is 22.6 Å². The molecule has 1 aromatic heterocycles. The minimum Gasteiger partial charge on any atom is -0.497 e. The van der Waals surface area contributed by atoms with Crippen molar-refractivity contribution in [1.82, 2.24) is 0 Å². The number of ether oxygens (including phenoxy) is 2. The van der Waals surface area contributed by atoms with E-state index in [1.54, 1.807) is 7.11 Å². The van der Waals surface area contributed by atoms with Crippen molar-refractivity contribution in [2.75, 3.05) is 12.4 Å². The van der Waals surface area contributed by atoms with Crippen LogP contribution in [0, 0.1) is 0 Å². The van der Waals surface area contributed by atoms with Gasteiger partial charge in [-0.05, 0) is 46.8 Å². The Balaban J connectivity index is 1.35. The summed E-state index contributed by atoms with van der Waals surface area (Å²) in [6.45, 7) is 0.392. The van der Waals surface area contributed by atoms with Crippen LogP contribution in [-0.4, -0.2) is 13.0 Å². The van der Waals surface area contributed by atoms with Gasteiger partial charge in [0.1, 0.15) is 18.1 Å². The van der Waals surface area contributed by atoms with Crippen LogP contribution in [0.5, 0.6) is 11.5 Å². The molecule has 1 N–H and O–H groups in total. The van der Waals surface area contributed by atoms with Gasteiger partial charge in [-0.2, -0.15) is 0 Å². The molecule has 3 aromatic carbocycles. The molecule has 4 aromatic rings. The molecule has 0 fully saturated rings. The molecule has 0 aliphatic heterocycles. The summed E-state index contributed by atoms with van der Waals surface area (Å²) in [6, 6.07) is 27.3. The van der Waals surface area contributed by atoms with E-state index in [1.807, 2.05) is 78.2 Å². The number of thiophene rings is 1. The number of amides is 1. The van der Waals surface area contributed by atoms with Gasteiger partial charge >= 0.3 is 0 Å². The SMILES string of the molecule is COc1cccc(OCc2csc(C(=O)Nc3ccc(-c4ccccc4)cc3)c2)c1. The fourth-order valence-electron chi connectivity index (χ4n) is 3.00. The molecule has 0 radical (unpaired) electrons. The smallest absolute Gasteiger partial charge is 0.265 e. The third-order valence-electron chi connectivity index (χ3n) is 4.57. The summed E-state index contributed by atoms with van der Waals surface area (Å²) in [5.74, 6) is 1.35. The van der Waals surface area contributed by atoms with Crippen molar-refractivity contribution in [2.45, 2.75) is 6.61 Å². The summed E-state index contributed by atoms with van der Waals surface area (Å²) in [4.78, 5) is 13.2. The summed E-state index contributed by atoms with van der Waals surface area (Å²) < 4.78 is 11.0. The third-order valence-corrected chi connectivity index (χ3v) is 5.55. The fraction of sp³-hybridized carbons (Fsp3) is 0.0800. The Hall–Kier alpha value is -3.57. The first-order chi connectivity index (χ1) is 14.7. The van der Waals surface area contributed by atoms with E-state index in [9.17, 15) is 4.79 Å². The average molecular weight is 416 g/mol. The number of carbonyl (C=O) groups is 1. The van der Waals surface area contributed by atoms with E-state index in [2.05, 4.69) is 17.4 Å². The predicted molar refractivity (Wildman–Crippen MR) is 121 cm³/mol. The first-order valence-corrected chi connectivity index (χ1v) is 10.4. The van der Waals surface area contributed by atoms with Crippen molar-refractivity contribution in [3.63, 3.8) is 0 Å². The second-order valence-corrected chi connectivity index (χ2v) is 7.60. The van der Waals surface area contributed by atoms with Crippen LogP contribution in [0.4, 0.5) is 5.69 Å². The second-order valence-electron chi connectivity index (χ2n) is 6.68. The zero-order valence-corrected chi connectivity index (χ0v) is 17.3. The summed E-state index contributed by atoms with van der Waals surface area (Å²) in [5.41, 5.74) is 3.98. The summed E-state index contributed by atoms with van der Waals surface area (Å²) >= 11 is 1.40. The molecule has 0 unspecified atom stereocenters. The maximum Gasteiger partial charge on any atom is 0.265 e. The molecule has 0 aliphatic carbocycles. The molecule has 5 heteroatoms. The zero-order chi connectivity index (χ0) is 20.8. The van der Waals surface area contributed by atoms with Gasteiger partial charge in [0.2, 0.25) is 0 Å². The summed E-state index contributed by atoms with van der Waals surface area (Å²) in [6.07, 6.45) is 0. The largest absolute Gasteiger partial charge is 0.497 e. The van der Waals surface area contributed by atoms with Gasteiger partial charge < -0.3 is 14.8 Å². The summed E-state index contributed by atoms with van der Waals surface area (Å²) in [7, 11) is 1.62. The van der Waals surface area contributed by atoms with Crippen LogP contribution < -0.4 is 14.8 Å². The van der Waals surface area contributed by atoms with E-state index >= 15 is 0 Å². The average Bonchev–Trinajstić information content (AvgIpc) is 3.28. The maximum absolute atomic E-state index is 12.6. The highest BCUT2D eigenvalue weighted by Gasteiger charge is 2.10. The highest BCUT2D eigenvalue weighted by atomic mass is 32.1. The lowest BCUT2D eigenvalue weighted by Crippen LogP contribution is -2.10. The third kappa shape index (κ3) is 4.88. The topological polar surface area (TPSA) is 47.6 Å². The van der Waals surface area contributed by atoms with Crippen molar-refractivity contribution >= 4 is 22.9 Å². The highest BCUT2D eigenvalue weighted by Crippen LogP contribution is 2.24. The van der Waals surface area contributed by atoms with E-state index in [1.165, 1.54) is 11.3 Å². The van der Waals surface area contributed by atoms with Gasteiger partial charge in [-0.1, -0.05) is 48.5 Å². The lowest BCUT2D eigenvalue weighted by molar-refractivity contribution is 0.103. The minimum absolute atomic E-state index is 0.125. The van der Waals surface area contributed by atoms with E-state index in [0.29, 0.717) is 11.5 Å². The van der Waals surface area contributed by atoms with Crippen molar-refractivity contribution in [1.29, 1.82) is 0 Å². The van der Waals surface area contributed by atoms with Gasteiger partial charge in [0.05, 0.1) is 12.0 Å². The molecule has 0 atom stereocenters. The quantitative estimate of drug-likeness (QED) is 0.388. The van der Waals surface area contributed by atoms with E-state index in [-0.39, 0.29) is 5.91 Å². The molecule has 0 saturated carbocycles. The molecule has 0 aliphatic rings. The van der Waals surface area contributed by atoms with Gasteiger partial charge in [-0.25, -0.2) is 0 Å². The predicted octanol–water partition coefficient (Wildman–Crippen LogP) is 6.26. The number of anilines is 1. The summed E-state index contributed by atoms with van der Waals surface area (Å²) in [5, 5.41) is 4.89. The Morgan fingerprint density at radius 1 is 0.867 bits per heavy atom. The Kier molecular flexibility index (Phi) is 6.11. The van der Waals surface area contributed by atoms with Crippen molar-refractivity contribution < 1.29 is 14.3 Å². The highest BCUT2D eigenvalue weighted by molar-refractivity contribution is 7.12. The lowest BCUT2D eigenvalue weighted by Gasteiger charge is -2.07. The molecule has 150 valence electrons. The van der Waals surface area contributed by atoms with Crippen LogP contribution in [0.15, 0.2) is 90.3 Å². The van der Waals surface area contributed by atoms with E-state index < -0.39 is 0 Å². The minimum atomic E-state index is -0.125. The molecule has 4 rings (SSSR count). The standard InChI is InChI=1S/C25H21NO3S/c1-28-22-8-5-9-23(15-22)29-16-18-14-24(30-17-18)25(27)26-21-12-10-20(11-13-21)19-6-3-2-4-7-19/h2-15,17H,16H2,1H3,(H,26,27). The Morgan fingerprint density at radius 3 is 2.37 bits per heavy atom. The monoisotopic (exact) mass is 415 g/mol. The number of hydrogen-bond acceptors (Lipinski definition) is 4. The van der Waals surface area contributed by atoms with Crippen LogP contribution in [0.1, 0.15) is 15.2 Å². The molecule has 30 heavy (non-hydrogen) atoms. The van der Waals surface area contributed by atoms with Crippen molar-refractivity contribution in [3.05, 3.63) is 101 Å². The lowest BCUT2D eigenvalue weighted by atomic mass is 10.1. The number of rotatable bonds is 7. The number of hydrogen-bond donors (Lipinski definition) is 1. The molecule has 4 nitrogen and oxygen atoms in total. The first kappa shape index (κ1) is 19.7. The maximum atomic E-state index is 12.6. The van der Waals surface area contributed by atoms with Crippen LogP contribution in [0.2, 0.25) is 0 Å². The Morgan fingerprint density at radius 2 is 1.60 bits per heavy atom. The zero-order valence-electron chi connectivity index (χ0n) is 16.5. The molecule has 0 spiro atoms. The van der Waals surface area contributed by atoms with Gasteiger partial charge in [0.25, 0.3) is 5.91 Å². The fourth-order valence-corrected chi connectivity index (χ4v) is 3.79. The number of carbonyl (C=O) groups excluding carboxylic acids is 1. The van der Waals surface area contributed by atoms with Crippen LogP contribution in [-0.2, 0) is 6.61 Å². The Bertz CT molecular complexity index is 1120. The van der Waals surface area contributed by atoms with Crippen LogP contribution >= 0.6 is 11.3 Å². The number of benzene rings is 3.